The molecule has 0 aromatic carbocycles. The van der Waals surface area contributed by atoms with Crippen molar-refractivity contribution in [3.63, 3.8) is 0 Å². The molecule has 4 nitrogen and oxygen atoms in total. The number of aryl methyl sites for hydroxylation is 1. The average Bonchev–Trinajstić information content (AvgIpc) is 2.82. The molecule has 0 radical (unpaired) electrons. The number of hydrogen-bond acceptors (Lipinski definition) is 4. The number of carbonyl (C=O) groups excluding carboxylic acids is 1. The zero-order valence-corrected chi connectivity index (χ0v) is 14.1. The summed E-state index contributed by atoms with van der Waals surface area (Å²) in [6.07, 6.45) is 2.78. The zero-order valence-electron chi connectivity index (χ0n) is 12.5. The van der Waals surface area contributed by atoms with Gasteiger partial charge in [0.1, 0.15) is 0 Å². The van der Waals surface area contributed by atoms with E-state index in [4.69, 9.17) is 0 Å². The molecule has 1 amide bonds. The molecule has 2 atom stereocenters. The van der Waals surface area contributed by atoms with E-state index in [0.29, 0.717) is 17.2 Å². The van der Waals surface area contributed by atoms with E-state index in [9.17, 15) is 13.2 Å². The van der Waals surface area contributed by atoms with Gasteiger partial charge in [0.15, 0.2) is 9.84 Å². The van der Waals surface area contributed by atoms with Crippen LogP contribution in [0, 0.1) is 5.92 Å². The van der Waals surface area contributed by atoms with Gasteiger partial charge in [-0.25, -0.2) is 8.42 Å². The van der Waals surface area contributed by atoms with Gasteiger partial charge in [0, 0.05) is 17.5 Å². The minimum atomic E-state index is -2.97. The van der Waals surface area contributed by atoms with Crippen LogP contribution < -0.4 is 0 Å². The van der Waals surface area contributed by atoms with Gasteiger partial charge >= 0.3 is 0 Å². The van der Waals surface area contributed by atoms with Gasteiger partial charge in [-0.3, -0.25) is 4.79 Å². The molecule has 0 saturated carbocycles. The van der Waals surface area contributed by atoms with Crippen molar-refractivity contribution < 1.29 is 13.2 Å². The lowest BCUT2D eigenvalue weighted by molar-refractivity contribution is 0.0579. The van der Waals surface area contributed by atoms with E-state index in [-0.39, 0.29) is 23.5 Å². The Hall–Kier alpha value is -0.880. The first kappa shape index (κ1) is 15.0. The van der Waals surface area contributed by atoms with Crippen molar-refractivity contribution in [2.24, 2.45) is 5.92 Å². The van der Waals surface area contributed by atoms with Crippen LogP contribution in [-0.4, -0.2) is 37.6 Å². The largest absolute Gasteiger partial charge is 0.335 e. The lowest BCUT2D eigenvalue weighted by Crippen LogP contribution is -2.44. The molecule has 1 saturated heterocycles. The van der Waals surface area contributed by atoms with Crippen LogP contribution in [0.3, 0.4) is 0 Å². The van der Waals surface area contributed by atoms with Crippen molar-refractivity contribution in [1.29, 1.82) is 0 Å². The Labute approximate surface area is 130 Å². The molecule has 3 rings (SSSR count). The van der Waals surface area contributed by atoms with Crippen LogP contribution in [0.2, 0.25) is 0 Å². The van der Waals surface area contributed by atoms with Crippen LogP contribution in [-0.2, 0) is 22.0 Å². The number of carbonyl (C=O) groups is 1. The van der Waals surface area contributed by atoms with E-state index in [1.165, 1.54) is 17.8 Å². The Morgan fingerprint density at radius 2 is 2.10 bits per heavy atom. The van der Waals surface area contributed by atoms with Crippen molar-refractivity contribution in [2.45, 2.75) is 44.9 Å². The molecule has 3 heterocycles. The number of thiophene rings is 1. The lowest BCUT2D eigenvalue weighted by atomic mass is 9.95. The fourth-order valence-corrected chi connectivity index (χ4v) is 5.93. The second kappa shape index (κ2) is 5.39. The molecule has 1 aromatic heterocycles. The summed E-state index contributed by atoms with van der Waals surface area (Å²) in [7, 11) is -2.97. The molecule has 21 heavy (non-hydrogen) atoms. The number of likely N-dealkylation sites (tertiary alicyclic amines) is 1. The molecular formula is C15H21NO3S2. The Morgan fingerprint density at radius 3 is 2.86 bits per heavy atom. The SMILES string of the molecule is C[C@@H]1CC[C@@H](C)N(C(=O)c2cc3c(s2)CCS(=O)(=O)C3)C1. The van der Waals surface area contributed by atoms with E-state index in [1.54, 1.807) is 0 Å². The third-order valence-corrected chi connectivity index (χ3v) is 7.30. The molecule has 2 aliphatic rings. The van der Waals surface area contributed by atoms with E-state index >= 15 is 0 Å². The highest BCUT2D eigenvalue weighted by Crippen LogP contribution is 2.31. The second-order valence-corrected chi connectivity index (χ2v) is 9.71. The summed E-state index contributed by atoms with van der Waals surface area (Å²) in [5, 5.41) is 0. The molecular weight excluding hydrogens is 306 g/mol. The van der Waals surface area contributed by atoms with Gasteiger partial charge in [-0.05, 0) is 43.7 Å². The Kier molecular flexibility index (Phi) is 3.86. The van der Waals surface area contributed by atoms with Gasteiger partial charge in [-0.15, -0.1) is 11.3 Å². The van der Waals surface area contributed by atoms with Crippen molar-refractivity contribution in [3.8, 4) is 0 Å². The summed E-state index contributed by atoms with van der Waals surface area (Å²) < 4.78 is 23.4. The van der Waals surface area contributed by atoms with Crippen molar-refractivity contribution in [3.05, 3.63) is 21.4 Å². The van der Waals surface area contributed by atoms with E-state index < -0.39 is 9.84 Å². The molecule has 1 fully saturated rings. The molecule has 0 unspecified atom stereocenters. The fraction of sp³-hybridized carbons (Fsp3) is 0.667. The predicted molar refractivity (Wildman–Crippen MR) is 84.4 cm³/mol. The molecule has 0 N–H and O–H groups in total. The molecule has 1 aromatic rings. The van der Waals surface area contributed by atoms with Crippen molar-refractivity contribution in [2.75, 3.05) is 12.3 Å². The number of amides is 1. The topological polar surface area (TPSA) is 54.5 Å². The number of sulfone groups is 1. The van der Waals surface area contributed by atoms with Crippen molar-refractivity contribution in [1.82, 2.24) is 4.90 Å². The number of nitrogens with zero attached hydrogens (tertiary/aromatic N) is 1. The minimum absolute atomic E-state index is 0.0749. The van der Waals surface area contributed by atoms with Crippen LogP contribution in [0.5, 0.6) is 0 Å². The first-order chi connectivity index (χ1) is 9.85. The van der Waals surface area contributed by atoms with Gasteiger partial charge in [-0.2, -0.15) is 0 Å². The van der Waals surface area contributed by atoms with Gasteiger partial charge in [0.25, 0.3) is 5.91 Å². The standard InChI is InChI=1S/C15H21NO3S2/c1-10-3-4-11(2)16(8-10)15(17)14-7-12-9-21(18,19)6-5-13(12)20-14/h7,10-11H,3-6,8-9H2,1-2H3/t10-,11-/m1/s1. The Morgan fingerprint density at radius 1 is 1.33 bits per heavy atom. The first-order valence-corrected chi connectivity index (χ1v) is 10.1. The highest BCUT2D eigenvalue weighted by atomic mass is 32.2. The summed E-state index contributed by atoms with van der Waals surface area (Å²) in [5.74, 6) is 0.926. The highest BCUT2D eigenvalue weighted by molar-refractivity contribution is 7.90. The maximum absolute atomic E-state index is 12.7. The normalized spacial score (nSPS) is 28.2. The average molecular weight is 327 g/mol. The summed E-state index contributed by atoms with van der Waals surface area (Å²) in [6.45, 7) is 5.08. The Balaban J connectivity index is 1.84. The minimum Gasteiger partial charge on any atom is -0.335 e. The quantitative estimate of drug-likeness (QED) is 0.796. The van der Waals surface area contributed by atoms with E-state index in [2.05, 4.69) is 13.8 Å². The smallest absolute Gasteiger partial charge is 0.264 e. The van der Waals surface area contributed by atoms with Crippen molar-refractivity contribution >= 4 is 27.1 Å². The van der Waals surface area contributed by atoms with Crippen LogP contribution >= 0.6 is 11.3 Å². The summed E-state index contributed by atoms with van der Waals surface area (Å²) in [5.41, 5.74) is 0.840. The number of rotatable bonds is 1. The molecule has 2 aliphatic heterocycles. The molecule has 116 valence electrons. The van der Waals surface area contributed by atoms with Gasteiger partial charge in [0.05, 0.1) is 16.4 Å². The zero-order chi connectivity index (χ0) is 15.2. The molecule has 0 aliphatic carbocycles. The van der Waals surface area contributed by atoms with Crippen LogP contribution in [0.25, 0.3) is 0 Å². The lowest BCUT2D eigenvalue weighted by Gasteiger charge is -2.36. The van der Waals surface area contributed by atoms with E-state index in [0.717, 1.165) is 23.4 Å². The summed E-state index contributed by atoms with van der Waals surface area (Å²) >= 11 is 1.49. The van der Waals surface area contributed by atoms with Crippen LogP contribution in [0.4, 0.5) is 0 Å². The highest BCUT2D eigenvalue weighted by Gasteiger charge is 2.31. The monoisotopic (exact) mass is 327 g/mol. The molecule has 0 spiro atoms. The first-order valence-electron chi connectivity index (χ1n) is 7.48. The fourth-order valence-electron chi connectivity index (χ4n) is 3.18. The number of fused-ring (bicyclic) bond motifs is 1. The van der Waals surface area contributed by atoms with E-state index in [1.807, 2.05) is 11.0 Å². The predicted octanol–water partition coefficient (Wildman–Crippen LogP) is 2.48. The van der Waals surface area contributed by atoms with Gasteiger partial charge in [0.2, 0.25) is 0 Å². The summed E-state index contributed by atoms with van der Waals surface area (Å²) in [6, 6.07) is 2.09. The number of hydrogen-bond donors (Lipinski definition) is 0. The molecule has 0 bridgehead atoms. The van der Waals surface area contributed by atoms with Crippen LogP contribution in [0.15, 0.2) is 6.07 Å². The maximum atomic E-state index is 12.7. The molecule has 6 heteroatoms. The Bertz CT molecular complexity index is 662. The summed E-state index contributed by atoms with van der Waals surface area (Å²) in [4.78, 5) is 16.5. The third kappa shape index (κ3) is 3.01. The van der Waals surface area contributed by atoms with Gasteiger partial charge < -0.3 is 4.90 Å². The third-order valence-electron chi connectivity index (χ3n) is 4.50. The maximum Gasteiger partial charge on any atom is 0.264 e. The van der Waals surface area contributed by atoms with Crippen LogP contribution in [0.1, 0.15) is 46.8 Å². The van der Waals surface area contributed by atoms with Gasteiger partial charge in [-0.1, -0.05) is 6.92 Å². The number of piperidine rings is 1. The second-order valence-electron chi connectivity index (χ2n) is 6.39.